The number of aliphatic hydroxyl groups is 1. The van der Waals surface area contributed by atoms with Gasteiger partial charge in [-0.3, -0.25) is 0 Å². The van der Waals surface area contributed by atoms with Gasteiger partial charge in [0, 0.05) is 0 Å². The summed E-state index contributed by atoms with van der Waals surface area (Å²) in [5, 5.41) is 15.5. The van der Waals surface area contributed by atoms with Gasteiger partial charge in [-0.1, -0.05) is 18.9 Å². The first-order valence-electron chi connectivity index (χ1n) is 7.59. The lowest BCUT2D eigenvalue weighted by Crippen LogP contribution is -2.46. The maximum absolute atomic E-state index is 12.1. The summed E-state index contributed by atoms with van der Waals surface area (Å²) in [5.41, 5.74) is 1.72. The van der Waals surface area contributed by atoms with E-state index in [0.29, 0.717) is 18.0 Å². The van der Waals surface area contributed by atoms with Gasteiger partial charge in [0.25, 0.3) is 0 Å². The highest BCUT2D eigenvalue weighted by molar-refractivity contribution is 5.91. The fourth-order valence-electron chi connectivity index (χ4n) is 2.61. The van der Waals surface area contributed by atoms with Gasteiger partial charge < -0.3 is 20.5 Å². The number of anilines is 1. The molecule has 1 aliphatic rings. The number of ether oxygens (including phenoxy) is 1. The molecule has 0 aromatic heterocycles. The third-order valence-corrected chi connectivity index (χ3v) is 3.73. The van der Waals surface area contributed by atoms with Crippen LogP contribution in [0.4, 0.5) is 10.5 Å². The van der Waals surface area contributed by atoms with Crippen LogP contribution in [0.3, 0.4) is 0 Å². The van der Waals surface area contributed by atoms with Crippen molar-refractivity contribution in [2.45, 2.75) is 51.7 Å². The zero-order valence-corrected chi connectivity index (χ0v) is 12.7. The first kappa shape index (κ1) is 15.6. The largest absolute Gasteiger partial charge is 0.492 e. The zero-order valence-electron chi connectivity index (χ0n) is 12.7. The number of carbonyl (C=O) groups is 1. The Morgan fingerprint density at radius 2 is 2.14 bits per heavy atom. The van der Waals surface area contributed by atoms with E-state index in [1.807, 2.05) is 32.0 Å². The second-order valence-electron chi connectivity index (χ2n) is 5.49. The molecule has 2 atom stereocenters. The molecule has 1 saturated carbocycles. The van der Waals surface area contributed by atoms with E-state index in [1.165, 1.54) is 0 Å². The van der Waals surface area contributed by atoms with Gasteiger partial charge in [-0.25, -0.2) is 4.79 Å². The topological polar surface area (TPSA) is 70.6 Å². The van der Waals surface area contributed by atoms with Gasteiger partial charge in [0.05, 0.1) is 24.4 Å². The molecule has 2 amide bonds. The van der Waals surface area contributed by atoms with Gasteiger partial charge in [-0.15, -0.1) is 0 Å². The number of hydrogen-bond donors (Lipinski definition) is 3. The average Bonchev–Trinajstić information content (AvgIpc) is 2.45. The standard InChI is InChI=1S/C16H24N2O3/c1-3-21-15-10-11(2)8-9-13(15)18-16(20)17-12-6-4-5-7-14(12)19/h8-10,12,14,19H,3-7H2,1-2H3,(H2,17,18,20). The van der Waals surface area contributed by atoms with Gasteiger partial charge in [-0.2, -0.15) is 0 Å². The molecule has 1 fully saturated rings. The molecule has 0 bridgehead atoms. The number of nitrogens with one attached hydrogen (secondary N) is 2. The van der Waals surface area contributed by atoms with Crippen molar-refractivity contribution >= 4 is 11.7 Å². The van der Waals surface area contributed by atoms with E-state index < -0.39 is 6.10 Å². The molecule has 116 valence electrons. The van der Waals surface area contributed by atoms with Crippen molar-refractivity contribution < 1.29 is 14.6 Å². The first-order chi connectivity index (χ1) is 10.1. The molecule has 5 nitrogen and oxygen atoms in total. The van der Waals surface area contributed by atoms with Crippen molar-refractivity contribution in [2.75, 3.05) is 11.9 Å². The van der Waals surface area contributed by atoms with E-state index in [2.05, 4.69) is 10.6 Å². The molecule has 1 aliphatic carbocycles. The molecular formula is C16H24N2O3. The van der Waals surface area contributed by atoms with Crippen molar-refractivity contribution in [3.63, 3.8) is 0 Å². The molecule has 21 heavy (non-hydrogen) atoms. The number of aliphatic hydroxyl groups excluding tert-OH is 1. The van der Waals surface area contributed by atoms with Crippen molar-refractivity contribution in [3.8, 4) is 5.75 Å². The lowest BCUT2D eigenvalue weighted by Gasteiger charge is -2.28. The quantitative estimate of drug-likeness (QED) is 0.799. The number of carbonyl (C=O) groups excluding carboxylic acids is 1. The van der Waals surface area contributed by atoms with Crippen LogP contribution in [-0.2, 0) is 0 Å². The molecule has 0 spiro atoms. The number of urea groups is 1. The summed E-state index contributed by atoms with van der Waals surface area (Å²) in [4.78, 5) is 12.1. The fourth-order valence-corrected chi connectivity index (χ4v) is 2.61. The molecule has 3 N–H and O–H groups in total. The van der Waals surface area contributed by atoms with Crippen LogP contribution >= 0.6 is 0 Å². The van der Waals surface area contributed by atoms with E-state index in [1.54, 1.807) is 0 Å². The van der Waals surface area contributed by atoms with Crippen LogP contribution in [0.1, 0.15) is 38.2 Å². The average molecular weight is 292 g/mol. The monoisotopic (exact) mass is 292 g/mol. The summed E-state index contributed by atoms with van der Waals surface area (Å²) in [6.45, 7) is 4.43. The van der Waals surface area contributed by atoms with Gasteiger partial charge in [0.2, 0.25) is 0 Å². The Hall–Kier alpha value is -1.75. The van der Waals surface area contributed by atoms with Crippen LogP contribution in [0, 0.1) is 6.92 Å². The van der Waals surface area contributed by atoms with Crippen LogP contribution < -0.4 is 15.4 Å². The number of hydrogen-bond acceptors (Lipinski definition) is 3. The number of amides is 2. The van der Waals surface area contributed by atoms with E-state index in [0.717, 1.165) is 31.2 Å². The fraction of sp³-hybridized carbons (Fsp3) is 0.562. The normalized spacial score (nSPS) is 21.7. The number of benzene rings is 1. The molecule has 5 heteroatoms. The van der Waals surface area contributed by atoms with Gasteiger partial charge in [0.15, 0.2) is 0 Å². The van der Waals surface area contributed by atoms with Gasteiger partial charge >= 0.3 is 6.03 Å². The summed E-state index contributed by atoms with van der Waals surface area (Å²) in [7, 11) is 0. The van der Waals surface area contributed by atoms with E-state index in [9.17, 15) is 9.90 Å². The molecular weight excluding hydrogens is 268 g/mol. The minimum Gasteiger partial charge on any atom is -0.492 e. The van der Waals surface area contributed by atoms with E-state index in [4.69, 9.17) is 4.74 Å². The third-order valence-electron chi connectivity index (χ3n) is 3.73. The summed E-state index contributed by atoms with van der Waals surface area (Å²) in [6, 6.07) is 5.19. The molecule has 1 aromatic carbocycles. The highest BCUT2D eigenvalue weighted by atomic mass is 16.5. The molecule has 0 aliphatic heterocycles. The molecule has 0 radical (unpaired) electrons. The van der Waals surface area contributed by atoms with Gasteiger partial charge in [-0.05, 0) is 44.4 Å². The van der Waals surface area contributed by atoms with Crippen molar-refractivity contribution in [1.29, 1.82) is 0 Å². The maximum atomic E-state index is 12.1. The highest BCUT2D eigenvalue weighted by Crippen LogP contribution is 2.26. The highest BCUT2D eigenvalue weighted by Gasteiger charge is 2.24. The molecule has 2 rings (SSSR count). The third kappa shape index (κ3) is 4.36. The van der Waals surface area contributed by atoms with Crippen molar-refractivity contribution in [1.82, 2.24) is 5.32 Å². The Labute approximate surface area is 125 Å². The Kier molecular flexibility index (Phi) is 5.44. The Morgan fingerprint density at radius 1 is 1.38 bits per heavy atom. The summed E-state index contributed by atoms with van der Waals surface area (Å²) < 4.78 is 5.54. The second-order valence-corrected chi connectivity index (χ2v) is 5.49. The minimum absolute atomic E-state index is 0.167. The van der Waals surface area contributed by atoms with Crippen LogP contribution in [0.2, 0.25) is 0 Å². The van der Waals surface area contributed by atoms with Crippen molar-refractivity contribution in [2.24, 2.45) is 0 Å². The van der Waals surface area contributed by atoms with E-state index >= 15 is 0 Å². The SMILES string of the molecule is CCOc1cc(C)ccc1NC(=O)NC1CCCCC1O. The zero-order chi connectivity index (χ0) is 15.2. The lowest BCUT2D eigenvalue weighted by atomic mass is 9.93. The lowest BCUT2D eigenvalue weighted by molar-refractivity contribution is 0.0955. The maximum Gasteiger partial charge on any atom is 0.319 e. The molecule has 0 heterocycles. The predicted octanol–water partition coefficient (Wildman–Crippen LogP) is 2.82. The number of rotatable bonds is 4. The number of aryl methyl sites for hydroxylation is 1. The van der Waals surface area contributed by atoms with Gasteiger partial charge in [0.1, 0.15) is 5.75 Å². The van der Waals surface area contributed by atoms with Crippen LogP contribution in [0.25, 0.3) is 0 Å². The van der Waals surface area contributed by atoms with E-state index in [-0.39, 0.29) is 12.1 Å². The Morgan fingerprint density at radius 3 is 2.86 bits per heavy atom. The Balaban J connectivity index is 1.98. The van der Waals surface area contributed by atoms with Crippen molar-refractivity contribution in [3.05, 3.63) is 23.8 Å². The van der Waals surface area contributed by atoms with Crippen LogP contribution in [0.5, 0.6) is 5.75 Å². The molecule has 0 saturated heterocycles. The Bertz CT molecular complexity index is 490. The molecule has 2 unspecified atom stereocenters. The summed E-state index contributed by atoms with van der Waals surface area (Å²) in [6.07, 6.45) is 3.18. The van der Waals surface area contributed by atoms with Crippen LogP contribution in [0.15, 0.2) is 18.2 Å². The summed E-state index contributed by atoms with van der Waals surface area (Å²) >= 11 is 0. The minimum atomic E-state index is -0.450. The first-order valence-corrected chi connectivity index (χ1v) is 7.59. The summed E-state index contributed by atoms with van der Waals surface area (Å²) in [5.74, 6) is 0.664. The second kappa shape index (κ2) is 7.31. The predicted molar refractivity (Wildman–Crippen MR) is 82.8 cm³/mol. The smallest absolute Gasteiger partial charge is 0.319 e. The van der Waals surface area contributed by atoms with Crippen LogP contribution in [-0.4, -0.2) is 29.9 Å². The molecule has 1 aromatic rings.